The Balaban J connectivity index is 1.17. The van der Waals surface area contributed by atoms with Crippen molar-refractivity contribution in [1.29, 1.82) is 0 Å². The van der Waals surface area contributed by atoms with E-state index in [4.69, 9.17) is 15.0 Å². The van der Waals surface area contributed by atoms with Crippen molar-refractivity contribution in [2.75, 3.05) is 0 Å². The molecular weight excluding hydrogens is 645 g/mol. The number of hydrogen-bond donors (Lipinski definition) is 0. The van der Waals surface area contributed by atoms with Crippen molar-refractivity contribution in [3.8, 4) is 39.9 Å². The van der Waals surface area contributed by atoms with Gasteiger partial charge in [-0.15, -0.1) is 0 Å². The highest BCUT2D eigenvalue weighted by Gasteiger charge is 2.20. The Morgan fingerprint density at radius 1 is 0.302 bits per heavy atom. The first-order valence-electron chi connectivity index (χ1n) is 17.9. The van der Waals surface area contributed by atoms with Crippen molar-refractivity contribution in [3.63, 3.8) is 0 Å². The van der Waals surface area contributed by atoms with Crippen LogP contribution >= 0.6 is 0 Å². The molecule has 0 aliphatic carbocycles. The van der Waals surface area contributed by atoms with Crippen LogP contribution in [0.4, 0.5) is 0 Å². The lowest BCUT2D eigenvalue weighted by Crippen LogP contribution is -2.04. The summed E-state index contributed by atoms with van der Waals surface area (Å²) in [5.41, 5.74) is 6.12. The zero-order chi connectivity index (χ0) is 34.9. The van der Waals surface area contributed by atoms with Crippen molar-refractivity contribution >= 4 is 64.9 Å². The molecule has 0 atom stereocenters. The Bertz CT molecular complexity index is 3180. The zero-order valence-corrected chi connectivity index (χ0v) is 28.6. The number of aromatic nitrogens is 4. The number of fused-ring (bicyclic) bond motifs is 9. The molecule has 4 heteroatoms. The molecule has 2 heterocycles. The van der Waals surface area contributed by atoms with Gasteiger partial charge in [-0.2, -0.15) is 0 Å². The molecular formula is C49H30N4. The predicted octanol–water partition coefficient (Wildman–Crippen LogP) is 12.6. The molecule has 53 heavy (non-hydrogen) atoms. The van der Waals surface area contributed by atoms with E-state index < -0.39 is 0 Å². The average Bonchev–Trinajstić information content (AvgIpc) is 3.57. The summed E-state index contributed by atoms with van der Waals surface area (Å²) in [6.45, 7) is 0. The molecule has 0 aliphatic heterocycles. The molecule has 11 aromatic rings. The molecule has 0 unspecified atom stereocenters. The van der Waals surface area contributed by atoms with Gasteiger partial charge >= 0.3 is 0 Å². The normalized spacial score (nSPS) is 11.8. The molecule has 0 spiro atoms. The maximum Gasteiger partial charge on any atom is 0.166 e. The van der Waals surface area contributed by atoms with Gasteiger partial charge in [-0.1, -0.05) is 152 Å². The highest BCUT2D eigenvalue weighted by molar-refractivity contribution is 6.17. The number of benzene rings is 9. The van der Waals surface area contributed by atoms with Gasteiger partial charge in [-0.3, -0.25) is 0 Å². The van der Waals surface area contributed by atoms with Gasteiger partial charge in [0.2, 0.25) is 0 Å². The van der Waals surface area contributed by atoms with Crippen LogP contribution in [-0.2, 0) is 0 Å². The summed E-state index contributed by atoms with van der Waals surface area (Å²) in [6, 6.07) is 64.6. The second kappa shape index (κ2) is 11.7. The Morgan fingerprint density at radius 3 is 1.53 bits per heavy atom. The van der Waals surface area contributed by atoms with Crippen LogP contribution in [0.2, 0.25) is 0 Å². The van der Waals surface area contributed by atoms with Crippen molar-refractivity contribution in [3.05, 3.63) is 182 Å². The van der Waals surface area contributed by atoms with Gasteiger partial charge in [0.1, 0.15) is 0 Å². The van der Waals surface area contributed by atoms with Gasteiger partial charge in [0.05, 0.1) is 16.7 Å². The van der Waals surface area contributed by atoms with E-state index in [-0.39, 0.29) is 0 Å². The van der Waals surface area contributed by atoms with E-state index in [2.05, 4.69) is 168 Å². The molecule has 2 aromatic heterocycles. The van der Waals surface area contributed by atoms with Crippen LogP contribution in [0.3, 0.4) is 0 Å². The minimum Gasteiger partial charge on any atom is -0.308 e. The van der Waals surface area contributed by atoms with Crippen molar-refractivity contribution in [1.82, 2.24) is 19.5 Å². The Morgan fingerprint density at radius 2 is 0.811 bits per heavy atom. The van der Waals surface area contributed by atoms with Crippen LogP contribution in [0.25, 0.3) is 105 Å². The number of hydrogen-bond acceptors (Lipinski definition) is 3. The second-order valence-corrected chi connectivity index (χ2v) is 13.6. The fraction of sp³-hybridized carbons (Fsp3) is 0. The first kappa shape index (κ1) is 29.5. The first-order valence-corrected chi connectivity index (χ1v) is 17.9. The van der Waals surface area contributed by atoms with E-state index in [1.54, 1.807) is 0 Å². The molecule has 0 radical (unpaired) electrons. The Labute approximate surface area is 305 Å². The van der Waals surface area contributed by atoms with Gasteiger partial charge in [-0.25, -0.2) is 15.0 Å². The molecule has 9 aromatic carbocycles. The predicted molar refractivity (Wildman–Crippen MR) is 220 cm³/mol. The minimum absolute atomic E-state index is 0.626. The molecule has 0 N–H and O–H groups in total. The largest absolute Gasteiger partial charge is 0.308 e. The summed E-state index contributed by atoms with van der Waals surface area (Å²) in [5.74, 6) is 1.90. The summed E-state index contributed by atoms with van der Waals surface area (Å²) in [5, 5.41) is 12.0. The smallest absolute Gasteiger partial charge is 0.166 e. The van der Waals surface area contributed by atoms with Crippen LogP contribution in [0.1, 0.15) is 0 Å². The van der Waals surface area contributed by atoms with Crippen LogP contribution < -0.4 is 0 Å². The SMILES string of the molecule is c1ccc(-c2nc(-c3ccc4c(ccc5c6ccccc6ccc45)c3)nc(-c3cc4ccccc4cc3-n3c4ccccc4c4ccccc43)n2)cc1. The van der Waals surface area contributed by atoms with E-state index in [1.807, 2.05) is 18.2 Å². The lowest BCUT2D eigenvalue weighted by atomic mass is 9.96. The molecule has 0 fully saturated rings. The Hall–Kier alpha value is -7.17. The maximum absolute atomic E-state index is 5.31. The highest BCUT2D eigenvalue weighted by Crippen LogP contribution is 2.39. The van der Waals surface area contributed by atoms with Crippen LogP contribution in [-0.4, -0.2) is 19.5 Å². The molecule has 4 nitrogen and oxygen atoms in total. The van der Waals surface area contributed by atoms with Gasteiger partial charge < -0.3 is 4.57 Å². The van der Waals surface area contributed by atoms with Crippen molar-refractivity contribution in [2.45, 2.75) is 0 Å². The maximum atomic E-state index is 5.31. The third kappa shape index (κ3) is 4.73. The summed E-state index contributed by atoms with van der Waals surface area (Å²) in [4.78, 5) is 15.7. The Kier molecular flexibility index (Phi) is 6.52. The van der Waals surface area contributed by atoms with Crippen molar-refractivity contribution < 1.29 is 0 Å². The number of nitrogens with zero attached hydrogens (tertiary/aromatic N) is 4. The molecule has 246 valence electrons. The molecule has 0 saturated carbocycles. The summed E-state index contributed by atoms with van der Waals surface area (Å²) in [7, 11) is 0. The van der Waals surface area contributed by atoms with Crippen LogP contribution in [0.15, 0.2) is 182 Å². The topological polar surface area (TPSA) is 43.6 Å². The third-order valence-electron chi connectivity index (χ3n) is 10.6. The second-order valence-electron chi connectivity index (χ2n) is 13.6. The number of para-hydroxylation sites is 2. The first-order chi connectivity index (χ1) is 26.3. The minimum atomic E-state index is 0.626. The van der Waals surface area contributed by atoms with Gasteiger partial charge in [-0.05, 0) is 73.4 Å². The highest BCUT2D eigenvalue weighted by atomic mass is 15.1. The third-order valence-corrected chi connectivity index (χ3v) is 10.6. The summed E-state index contributed by atoms with van der Waals surface area (Å²) < 4.78 is 2.36. The fourth-order valence-corrected chi connectivity index (χ4v) is 8.08. The van der Waals surface area contributed by atoms with Gasteiger partial charge in [0.25, 0.3) is 0 Å². The monoisotopic (exact) mass is 674 g/mol. The standard InChI is InChI=1S/C49H30N4/c1-2-13-32(14-3-1)47-50-48(36-24-25-38-35(28-36)23-27-39-37-17-7-6-12-31(37)22-26-40(38)39)52-49(51-47)43-29-33-15-4-5-16-34(33)30-46(43)53-44-20-10-8-18-41(44)42-19-9-11-21-45(42)53/h1-30H. The number of rotatable bonds is 4. The van der Waals surface area contributed by atoms with E-state index in [1.165, 1.54) is 37.7 Å². The zero-order valence-electron chi connectivity index (χ0n) is 28.6. The molecule has 11 rings (SSSR count). The molecule has 0 saturated heterocycles. The summed E-state index contributed by atoms with van der Waals surface area (Å²) in [6.07, 6.45) is 0. The summed E-state index contributed by atoms with van der Waals surface area (Å²) >= 11 is 0. The molecule has 0 amide bonds. The van der Waals surface area contributed by atoms with E-state index >= 15 is 0 Å². The molecule has 0 aliphatic rings. The van der Waals surface area contributed by atoms with E-state index in [0.29, 0.717) is 17.5 Å². The van der Waals surface area contributed by atoms with Crippen LogP contribution in [0, 0.1) is 0 Å². The molecule has 0 bridgehead atoms. The van der Waals surface area contributed by atoms with Crippen LogP contribution in [0.5, 0.6) is 0 Å². The average molecular weight is 675 g/mol. The lowest BCUT2D eigenvalue weighted by molar-refractivity contribution is 1.07. The lowest BCUT2D eigenvalue weighted by Gasteiger charge is -2.16. The van der Waals surface area contributed by atoms with E-state index in [9.17, 15) is 0 Å². The van der Waals surface area contributed by atoms with Gasteiger partial charge in [0.15, 0.2) is 17.5 Å². The van der Waals surface area contributed by atoms with Gasteiger partial charge in [0, 0.05) is 27.5 Å². The quantitative estimate of drug-likeness (QED) is 0.175. The van der Waals surface area contributed by atoms with Crippen molar-refractivity contribution in [2.24, 2.45) is 0 Å². The fourth-order valence-electron chi connectivity index (χ4n) is 8.08. The van der Waals surface area contributed by atoms with E-state index in [0.717, 1.165) is 49.6 Å².